The molecule has 2 aromatic heterocycles. The van der Waals surface area contributed by atoms with E-state index in [1.54, 1.807) is 18.6 Å². The van der Waals surface area contributed by atoms with E-state index >= 15 is 0 Å². The largest absolute Gasteiger partial charge is 0.396 e. The van der Waals surface area contributed by atoms with E-state index in [1.807, 2.05) is 18.2 Å². The number of nitrogen functional groups attached to an aromatic ring is 1. The van der Waals surface area contributed by atoms with Gasteiger partial charge in [0.2, 0.25) is 0 Å². The molecule has 0 amide bonds. The molecule has 0 radical (unpaired) electrons. The minimum absolute atomic E-state index is 0.292. The highest BCUT2D eigenvalue weighted by Crippen LogP contribution is 2.31. The molecule has 0 atom stereocenters. The van der Waals surface area contributed by atoms with Crippen LogP contribution in [0.1, 0.15) is 5.56 Å². The van der Waals surface area contributed by atoms with Gasteiger partial charge in [-0.3, -0.25) is 4.98 Å². The first kappa shape index (κ1) is 14.9. The van der Waals surface area contributed by atoms with E-state index in [0.717, 1.165) is 33.2 Å². The van der Waals surface area contributed by atoms with Crippen LogP contribution in [0.4, 0.5) is 15.8 Å². The van der Waals surface area contributed by atoms with E-state index in [1.165, 1.54) is 6.07 Å². The van der Waals surface area contributed by atoms with Crippen molar-refractivity contribution in [3.63, 3.8) is 0 Å². The van der Waals surface area contributed by atoms with Crippen LogP contribution in [0.2, 0.25) is 0 Å². The summed E-state index contributed by atoms with van der Waals surface area (Å²) >= 11 is 3.16. The van der Waals surface area contributed by atoms with E-state index in [4.69, 9.17) is 5.73 Å². The Bertz CT molecular complexity index is 1060. The summed E-state index contributed by atoms with van der Waals surface area (Å²) in [5.74, 6) is -0.292. The number of fused-ring (bicyclic) bond motifs is 3. The van der Waals surface area contributed by atoms with Crippen LogP contribution >= 0.6 is 15.9 Å². The Morgan fingerprint density at radius 2 is 2.04 bits per heavy atom. The van der Waals surface area contributed by atoms with Gasteiger partial charge in [0.25, 0.3) is 0 Å². The number of nitrogens with two attached hydrogens (primary N) is 1. The third kappa shape index (κ3) is 2.46. The third-order valence-electron chi connectivity index (χ3n) is 3.91. The maximum atomic E-state index is 13.7. The van der Waals surface area contributed by atoms with E-state index in [-0.39, 0.29) is 5.82 Å². The number of hydrogen-bond acceptors (Lipinski definition) is 4. The highest BCUT2D eigenvalue weighted by Gasteiger charge is 2.11. The maximum absolute atomic E-state index is 13.7. The second kappa shape index (κ2) is 5.76. The molecule has 4 aromatic rings. The van der Waals surface area contributed by atoms with Crippen LogP contribution < -0.4 is 11.1 Å². The Kier molecular flexibility index (Phi) is 3.57. The summed E-state index contributed by atoms with van der Waals surface area (Å²) in [5, 5.41) is 4.17. The quantitative estimate of drug-likeness (QED) is 0.493. The number of rotatable bonds is 3. The molecule has 4 N–H and O–H groups in total. The number of H-pyrrole nitrogens is 1. The second-order valence-electron chi connectivity index (χ2n) is 5.45. The normalized spacial score (nSPS) is 11.2. The summed E-state index contributed by atoms with van der Waals surface area (Å²) in [5.41, 5.74) is 10.7. The topological polar surface area (TPSA) is 79.6 Å². The number of nitrogens with one attached hydrogen (secondary N) is 2. The van der Waals surface area contributed by atoms with Gasteiger partial charge in [0.15, 0.2) is 0 Å². The van der Waals surface area contributed by atoms with Crippen molar-refractivity contribution in [2.24, 2.45) is 0 Å². The molecule has 0 spiro atoms. The summed E-state index contributed by atoms with van der Waals surface area (Å²) in [6.45, 7) is 0.451. The number of imidazole rings is 1. The van der Waals surface area contributed by atoms with Crippen molar-refractivity contribution >= 4 is 49.2 Å². The zero-order valence-corrected chi connectivity index (χ0v) is 14.1. The number of pyridine rings is 1. The van der Waals surface area contributed by atoms with Crippen molar-refractivity contribution in [1.29, 1.82) is 0 Å². The van der Waals surface area contributed by atoms with E-state index < -0.39 is 0 Å². The number of anilines is 2. The van der Waals surface area contributed by atoms with Gasteiger partial charge >= 0.3 is 0 Å². The zero-order chi connectivity index (χ0) is 16.7. The van der Waals surface area contributed by atoms with Crippen molar-refractivity contribution < 1.29 is 4.39 Å². The Morgan fingerprint density at radius 1 is 1.17 bits per heavy atom. The molecule has 0 saturated heterocycles. The van der Waals surface area contributed by atoms with Gasteiger partial charge in [0.1, 0.15) is 16.9 Å². The molecule has 0 aliphatic heterocycles. The first-order valence-electron chi connectivity index (χ1n) is 7.31. The summed E-state index contributed by atoms with van der Waals surface area (Å²) in [6.07, 6.45) is 3.25. The van der Waals surface area contributed by atoms with Gasteiger partial charge in [-0.15, -0.1) is 0 Å². The smallest absolute Gasteiger partial charge is 0.137 e. The van der Waals surface area contributed by atoms with Gasteiger partial charge in [-0.05, 0) is 45.8 Å². The Morgan fingerprint density at radius 3 is 2.88 bits per heavy atom. The Hall–Kier alpha value is -2.67. The highest BCUT2D eigenvalue weighted by atomic mass is 79.9. The highest BCUT2D eigenvalue weighted by molar-refractivity contribution is 9.10. The molecule has 2 aromatic carbocycles. The molecule has 7 heteroatoms. The average Bonchev–Trinajstić information content (AvgIpc) is 3.05. The first-order valence-corrected chi connectivity index (χ1v) is 8.11. The fourth-order valence-electron chi connectivity index (χ4n) is 2.72. The molecule has 0 fully saturated rings. The lowest BCUT2D eigenvalue weighted by atomic mass is 10.1. The minimum atomic E-state index is -0.292. The van der Waals surface area contributed by atoms with Crippen LogP contribution in [0.5, 0.6) is 0 Å². The van der Waals surface area contributed by atoms with Crippen LogP contribution in [0, 0.1) is 5.82 Å². The van der Waals surface area contributed by atoms with Gasteiger partial charge < -0.3 is 16.0 Å². The molecule has 0 saturated carbocycles. The van der Waals surface area contributed by atoms with Crippen molar-refractivity contribution in [3.8, 4) is 0 Å². The Balaban J connectivity index is 1.75. The maximum Gasteiger partial charge on any atom is 0.137 e. The number of aromatic nitrogens is 3. The van der Waals surface area contributed by atoms with E-state index in [0.29, 0.717) is 16.7 Å². The molecule has 0 aliphatic carbocycles. The van der Waals surface area contributed by atoms with Crippen LogP contribution in [0.25, 0.3) is 21.9 Å². The minimum Gasteiger partial charge on any atom is -0.396 e. The van der Waals surface area contributed by atoms with Gasteiger partial charge in [-0.25, -0.2) is 9.37 Å². The summed E-state index contributed by atoms with van der Waals surface area (Å²) in [4.78, 5) is 11.8. The van der Waals surface area contributed by atoms with Crippen LogP contribution in [-0.4, -0.2) is 15.0 Å². The lowest BCUT2D eigenvalue weighted by Crippen LogP contribution is -2.04. The fourth-order valence-corrected chi connectivity index (χ4v) is 2.96. The number of benzene rings is 2. The molecule has 0 aliphatic rings. The molecule has 5 nitrogen and oxygen atoms in total. The van der Waals surface area contributed by atoms with Gasteiger partial charge in [-0.2, -0.15) is 0 Å². The van der Waals surface area contributed by atoms with E-state index in [2.05, 4.69) is 36.2 Å². The molecule has 4 rings (SSSR count). The fraction of sp³-hybridized carbons (Fsp3) is 0.0588. The molecule has 24 heavy (non-hydrogen) atoms. The van der Waals surface area contributed by atoms with Crippen LogP contribution in [-0.2, 0) is 6.54 Å². The predicted octanol–water partition coefficient (Wildman–Crippen LogP) is 4.21. The molecule has 0 bridgehead atoms. The first-order chi connectivity index (χ1) is 11.6. The van der Waals surface area contributed by atoms with Gasteiger partial charge in [-0.1, -0.05) is 6.07 Å². The number of nitrogens with zero attached hydrogens (tertiary/aromatic N) is 2. The standard InChI is InChI=1S/C17H13BrFN5/c18-11-3-1-9(5-12(11)19)6-21-15-10-2-4-14-17(24-8-23-14)16(10)22-7-13(15)20/h1-5,7-8H,6,20H2,(H,21,22)(H,23,24). The Labute approximate surface area is 145 Å². The number of aromatic amines is 1. The van der Waals surface area contributed by atoms with Crippen molar-refractivity contribution in [2.75, 3.05) is 11.1 Å². The molecular formula is C17H13BrFN5. The number of hydrogen-bond donors (Lipinski definition) is 3. The second-order valence-corrected chi connectivity index (χ2v) is 6.31. The van der Waals surface area contributed by atoms with Gasteiger partial charge in [0.05, 0.1) is 33.9 Å². The monoisotopic (exact) mass is 385 g/mol. The van der Waals surface area contributed by atoms with Crippen molar-refractivity contribution in [1.82, 2.24) is 15.0 Å². The van der Waals surface area contributed by atoms with Crippen LogP contribution in [0.15, 0.2) is 47.3 Å². The molecule has 0 unspecified atom stereocenters. The third-order valence-corrected chi connectivity index (χ3v) is 4.55. The predicted molar refractivity (Wildman–Crippen MR) is 97.2 cm³/mol. The molecular weight excluding hydrogens is 373 g/mol. The molecule has 120 valence electrons. The van der Waals surface area contributed by atoms with Crippen LogP contribution in [0.3, 0.4) is 0 Å². The average molecular weight is 386 g/mol. The lowest BCUT2D eigenvalue weighted by molar-refractivity contribution is 0.619. The molecule has 2 heterocycles. The summed E-state index contributed by atoms with van der Waals surface area (Å²) in [6, 6.07) is 8.92. The zero-order valence-electron chi connectivity index (χ0n) is 12.5. The SMILES string of the molecule is Nc1cnc2c(ccc3[nH]cnc32)c1NCc1ccc(Br)c(F)c1. The van der Waals surface area contributed by atoms with Crippen molar-refractivity contribution in [3.05, 3.63) is 58.7 Å². The summed E-state index contributed by atoms with van der Waals surface area (Å²) in [7, 11) is 0. The van der Waals surface area contributed by atoms with Gasteiger partial charge in [0, 0.05) is 11.9 Å². The van der Waals surface area contributed by atoms with E-state index in [9.17, 15) is 4.39 Å². The van der Waals surface area contributed by atoms with Crippen molar-refractivity contribution in [2.45, 2.75) is 6.54 Å². The lowest BCUT2D eigenvalue weighted by Gasteiger charge is -2.13. The number of halogens is 2. The summed E-state index contributed by atoms with van der Waals surface area (Å²) < 4.78 is 14.1.